The van der Waals surface area contributed by atoms with Gasteiger partial charge in [0.2, 0.25) is 5.91 Å². The highest BCUT2D eigenvalue weighted by atomic mass is 35.5. The number of fused-ring (bicyclic) bond motifs is 1. The summed E-state index contributed by atoms with van der Waals surface area (Å²) >= 11 is 6.40. The largest absolute Gasteiger partial charge is 0.492 e. The summed E-state index contributed by atoms with van der Waals surface area (Å²) < 4.78 is 5.62. The number of nitrogens with zero attached hydrogens (tertiary/aromatic N) is 1. The fourth-order valence-electron chi connectivity index (χ4n) is 3.28. The average molecular weight is 294 g/mol. The predicted molar refractivity (Wildman–Crippen MR) is 79.3 cm³/mol. The third-order valence-electron chi connectivity index (χ3n) is 4.49. The highest BCUT2D eigenvalue weighted by Crippen LogP contribution is 2.36. The highest BCUT2D eigenvalue weighted by molar-refractivity contribution is 6.21. The molecule has 20 heavy (non-hydrogen) atoms. The van der Waals surface area contributed by atoms with Gasteiger partial charge in [-0.15, -0.1) is 11.6 Å². The van der Waals surface area contributed by atoms with Gasteiger partial charge in [0.1, 0.15) is 18.3 Å². The Balaban J connectivity index is 1.76. The predicted octanol–water partition coefficient (Wildman–Crippen LogP) is 3.17. The van der Waals surface area contributed by atoms with Crippen molar-refractivity contribution in [1.82, 2.24) is 4.90 Å². The maximum Gasteiger partial charge on any atom is 0.233 e. The van der Waals surface area contributed by atoms with E-state index in [1.807, 2.05) is 36.2 Å². The zero-order valence-electron chi connectivity index (χ0n) is 11.7. The molecule has 0 N–H and O–H groups in total. The first-order valence-corrected chi connectivity index (χ1v) is 7.74. The Morgan fingerprint density at radius 2 is 2.05 bits per heavy atom. The van der Waals surface area contributed by atoms with Crippen molar-refractivity contribution in [1.29, 1.82) is 0 Å². The van der Waals surface area contributed by atoms with E-state index in [9.17, 15) is 4.79 Å². The Kier molecular flexibility index (Phi) is 3.88. The monoisotopic (exact) mass is 293 g/mol. The molecule has 0 spiro atoms. The van der Waals surface area contributed by atoms with E-state index in [0.29, 0.717) is 6.61 Å². The molecule has 3 nitrogen and oxygen atoms in total. The lowest BCUT2D eigenvalue weighted by Gasteiger charge is -2.36. The van der Waals surface area contributed by atoms with Crippen LogP contribution in [0.4, 0.5) is 0 Å². The van der Waals surface area contributed by atoms with Crippen LogP contribution in [0.2, 0.25) is 0 Å². The van der Waals surface area contributed by atoms with E-state index in [1.54, 1.807) is 0 Å². The van der Waals surface area contributed by atoms with Crippen molar-refractivity contribution < 1.29 is 9.53 Å². The summed E-state index contributed by atoms with van der Waals surface area (Å²) in [6.45, 7) is 0.447. The maximum absolute atomic E-state index is 12.7. The number of ether oxygens (including phenoxy) is 1. The summed E-state index contributed by atoms with van der Waals surface area (Å²) in [4.78, 5) is 14.6. The van der Waals surface area contributed by atoms with Crippen LogP contribution < -0.4 is 4.74 Å². The van der Waals surface area contributed by atoms with Gasteiger partial charge in [0.15, 0.2) is 0 Å². The molecule has 0 bridgehead atoms. The fourth-order valence-corrected chi connectivity index (χ4v) is 3.73. The van der Waals surface area contributed by atoms with Crippen molar-refractivity contribution in [2.75, 3.05) is 13.7 Å². The van der Waals surface area contributed by atoms with Gasteiger partial charge in [-0.25, -0.2) is 0 Å². The Morgan fingerprint density at radius 3 is 2.85 bits per heavy atom. The summed E-state index contributed by atoms with van der Waals surface area (Å²) in [5.41, 5.74) is 1.01. The van der Waals surface area contributed by atoms with E-state index >= 15 is 0 Å². The van der Waals surface area contributed by atoms with Crippen LogP contribution in [-0.4, -0.2) is 35.9 Å². The van der Waals surface area contributed by atoms with Gasteiger partial charge < -0.3 is 9.64 Å². The van der Waals surface area contributed by atoms with Crippen LogP contribution >= 0.6 is 11.6 Å². The number of carbonyl (C=O) groups is 1. The van der Waals surface area contributed by atoms with Crippen LogP contribution in [0.1, 0.15) is 37.2 Å². The second kappa shape index (κ2) is 5.65. The Hall–Kier alpha value is -1.22. The van der Waals surface area contributed by atoms with Gasteiger partial charge in [0, 0.05) is 18.7 Å². The Morgan fingerprint density at radius 1 is 1.30 bits per heavy atom. The topological polar surface area (TPSA) is 29.5 Å². The molecule has 1 amide bonds. The molecular weight excluding hydrogens is 274 g/mol. The number of halogens is 1. The molecule has 1 aliphatic carbocycles. The second-order valence-electron chi connectivity index (χ2n) is 5.72. The lowest BCUT2D eigenvalue weighted by Crippen LogP contribution is -2.46. The number of likely N-dealkylation sites (N-methyl/N-ethyl adjacent to an activating group) is 1. The van der Waals surface area contributed by atoms with Crippen LogP contribution in [0.5, 0.6) is 5.75 Å². The van der Waals surface area contributed by atoms with Gasteiger partial charge in [-0.3, -0.25) is 4.79 Å². The van der Waals surface area contributed by atoms with Crippen LogP contribution in [0.15, 0.2) is 24.3 Å². The van der Waals surface area contributed by atoms with Gasteiger partial charge in [-0.1, -0.05) is 31.0 Å². The van der Waals surface area contributed by atoms with Gasteiger partial charge >= 0.3 is 0 Å². The van der Waals surface area contributed by atoms with Gasteiger partial charge in [-0.05, 0) is 18.9 Å². The normalized spacial score (nSPS) is 28.6. The minimum absolute atomic E-state index is 0.0789. The van der Waals surface area contributed by atoms with Crippen LogP contribution in [-0.2, 0) is 4.79 Å². The number of alkyl halides is 1. The Bertz CT molecular complexity index is 505. The fraction of sp³-hybridized carbons (Fsp3) is 0.562. The number of rotatable bonds is 2. The summed E-state index contributed by atoms with van der Waals surface area (Å²) in [5, 5.41) is 0.0789. The van der Waals surface area contributed by atoms with Gasteiger partial charge in [-0.2, -0.15) is 0 Å². The molecule has 1 heterocycles. The standard InChI is InChI=1S/C16H20ClNO2/c1-18(14-8-4-3-7-13(14)17)16(19)12-10-20-15-9-5-2-6-11(12)15/h2,5-6,9,12-14H,3-4,7-8,10H2,1H3. The molecule has 1 saturated carbocycles. The quantitative estimate of drug-likeness (QED) is 0.784. The number of benzene rings is 1. The molecule has 2 aliphatic rings. The lowest BCUT2D eigenvalue weighted by molar-refractivity contribution is -0.134. The minimum Gasteiger partial charge on any atom is -0.492 e. The van der Waals surface area contributed by atoms with Crippen molar-refractivity contribution >= 4 is 17.5 Å². The van der Waals surface area contributed by atoms with Crippen molar-refractivity contribution in [2.45, 2.75) is 43.0 Å². The van der Waals surface area contributed by atoms with Gasteiger partial charge in [0.25, 0.3) is 0 Å². The molecule has 108 valence electrons. The molecule has 3 unspecified atom stereocenters. The SMILES string of the molecule is CN(C(=O)C1COc2ccccc21)C1CCCCC1Cl. The Labute approximate surface area is 124 Å². The van der Waals surface area contributed by atoms with E-state index in [2.05, 4.69) is 0 Å². The molecule has 4 heteroatoms. The maximum atomic E-state index is 12.7. The van der Waals surface area contributed by atoms with Crippen molar-refractivity contribution in [3.8, 4) is 5.75 Å². The van der Waals surface area contributed by atoms with E-state index in [-0.39, 0.29) is 23.2 Å². The van der Waals surface area contributed by atoms with Crippen molar-refractivity contribution in [3.63, 3.8) is 0 Å². The zero-order chi connectivity index (χ0) is 14.1. The van der Waals surface area contributed by atoms with E-state index in [1.165, 1.54) is 6.42 Å². The molecule has 1 aliphatic heterocycles. The third-order valence-corrected chi connectivity index (χ3v) is 5.00. The molecule has 1 aromatic rings. The van der Waals surface area contributed by atoms with Crippen LogP contribution in [0.3, 0.4) is 0 Å². The summed E-state index contributed by atoms with van der Waals surface area (Å²) in [5.74, 6) is 0.791. The van der Waals surface area contributed by atoms with Gasteiger partial charge in [0.05, 0.1) is 5.38 Å². The van der Waals surface area contributed by atoms with Crippen LogP contribution in [0, 0.1) is 0 Å². The second-order valence-corrected chi connectivity index (χ2v) is 6.28. The first-order valence-electron chi connectivity index (χ1n) is 7.31. The number of hydrogen-bond donors (Lipinski definition) is 0. The van der Waals surface area contributed by atoms with Crippen molar-refractivity contribution in [3.05, 3.63) is 29.8 Å². The molecule has 1 fully saturated rings. The molecule has 1 aromatic carbocycles. The molecule has 0 aromatic heterocycles. The smallest absolute Gasteiger partial charge is 0.233 e. The molecule has 3 rings (SSSR count). The summed E-state index contributed by atoms with van der Waals surface area (Å²) in [7, 11) is 1.88. The number of hydrogen-bond acceptors (Lipinski definition) is 2. The highest BCUT2D eigenvalue weighted by Gasteiger charge is 2.36. The average Bonchev–Trinajstić information content (AvgIpc) is 2.90. The first-order chi connectivity index (χ1) is 9.68. The van der Waals surface area contributed by atoms with E-state index in [0.717, 1.165) is 30.6 Å². The van der Waals surface area contributed by atoms with Crippen LogP contribution in [0.25, 0.3) is 0 Å². The number of carbonyl (C=O) groups excluding carboxylic acids is 1. The third kappa shape index (κ3) is 2.39. The minimum atomic E-state index is -0.179. The molecule has 3 atom stereocenters. The molecule has 0 saturated heterocycles. The summed E-state index contributed by atoms with van der Waals surface area (Å²) in [6.07, 6.45) is 4.33. The van der Waals surface area contributed by atoms with E-state index in [4.69, 9.17) is 16.3 Å². The summed E-state index contributed by atoms with van der Waals surface area (Å²) in [6, 6.07) is 7.96. The number of amides is 1. The molecular formula is C16H20ClNO2. The van der Waals surface area contributed by atoms with E-state index < -0.39 is 0 Å². The molecule has 0 radical (unpaired) electrons. The zero-order valence-corrected chi connectivity index (χ0v) is 12.5. The van der Waals surface area contributed by atoms with Crippen molar-refractivity contribution in [2.24, 2.45) is 0 Å². The number of para-hydroxylation sites is 1. The lowest BCUT2D eigenvalue weighted by atomic mass is 9.92. The first kappa shape index (κ1) is 13.7.